The molecule has 7 unspecified atom stereocenters. The van der Waals surface area contributed by atoms with Crippen molar-refractivity contribution in [2.24, 2.45) is 11.3 Å². The van der Waals surface area contributed by atoms with Crippen molar-refractivity contribution in [3.63, 3.8) is 0 Å². The molecule has 53 heavy (non-hydrogen) atoms. The van der Waals surface area contributed by atoms with Gasteiger partial charge in [0.15, 0.2) is 0 Å². The van der Waals surface area contributed by atoms with Crippen molar-refractivity contribution < 1.29 is 28.9 Å². The summed E-state index contributed by atoms with van der Waals surface area (Å²) < 4.78 is 18.4. The van der Waals surface area contributed by atoms with E-state index in [9.17, 15) is 9.90 Å². The topological polar surface area (TPSA) is 108 Å². The lowest BCUT2D eigenvalue weighted by atomic mass is 9.51. The molecule has 1 spiro atoms. The van der Waals surface area contributed by atoms with Crippen molar-refractivity contribution in [1.29, 1.82) is 0 Å². The van der Waals surface area contributed by atoms with Gasteiger partial charge in [-0.25, -0.2) is 0 Å². The molecule has 6 heterocycles. The molecule has 9 atom stereocenters. The monoisotopic (exact) mass is 720 g/mol. The van der Waals surface area contributed by atoms with Gasteiger partial charge in [0, 0.05) is 90.9 Å². The number of aliphatic hydroxyl groups excluding tert-OH is 1. The molecule has 2 N–H and O–H groups in total. The second kappa shape index (κ2) is 12.2. The fraction of sp³-hybridized carbons (Fsp3) is 0.535. The number of carbonyl (C=O) groups excluding carboxylic acids is 2. The number of rotatable bonds is 6. The Morgan fingerprint density at radius 3 is 2.64 bits per heavy atom. The molecule has 1 saturated carbocycles. The lowest BCUT2D eigenvalue weighted by Gasteiger charge is -2.60. The third kappa shape index (κ3) is 4.49. The number of aromatic nitrogens is 1. The summed E-state index contributed by atoms with van der Waals surface area (Å²) in [5, 5.41) is 13.6. The number of benzene rings is 2. The lowest BCUT2D eigenvalue weighted by Crippen LogP contribution is -2.74. The van der Waals surface area contributed by atoms with E-state index in [4.69, 9.17) is 14.2 Å². The first kappa shape index (κ1) is 34.6. The van der Waals surface area contributed by atoms with Crippen LogP contribution in [0.5, 0.6) is 5.75 Å². The maximum Gasteiger partial charge on any atom is 0.322 e. The van der Waals surface area contributed by atoms with E-state index in [0.29, 0.717) is 25.1 Å². The van der Waals surface area contributed by atoms with Crippen LogP contribution >= 0.6 is 0 Å². The molecule has 5 aliphatic heterocycles. The number of H-pyrrole nitrogens is 1. The van der Waals surface area contributed by atoms with Crippen LogP contribution in [0.3, 0.4) is 0 Å². The number of nitrogens with one attached hydrogen (secondary N) is 1. The third-order valence-corrected chi connectivity index (χ3v) is 14.2. The lowest BCUT2D eigenvalue weighted by molar-refractivity contribution is -0.184. The van der Waals surface area contributed by atoms with E-state index >= 15 is 4.79 Å². The molecule has 2 fully saturated rings. The number of likely N-dealkylation sites (N-methyl/N-ethyl adjacent to an activating group) is 1. The Kier molecular flexibility index (Phi) is 7.97. The normalized spacial score (nSPS) is 35.4. The van der Waals surface area contributed by atoms with Crippen LogP contribution in [-0.4, -0.2) is 104 Å². The molecule has 6 aliphatic rings. The average molecular weight is 721 g/mol. The van der Waals surface area contributed by atoms with Gasteiger partial charge in [0.05, 0.1) is 20.3 Å². The highest BCUT2D eigenvalue weighted by Gasteiger charge is 2.73. The summed E-state index contributed by atoms with van der Waals surface area (Å²) in [5.74, 6) is 0.00690. The molecule has 280 valence electrons. The van der Waals surface area contributed by atoms with E-state index < -0.39 is 28.5 Å². The van der Waals surface area contributed by atoms with Crippen LogP contribution in [0.25, 0.3) is 10.9 Å². The van der Waals surface area contributed by atoms with Gasteiger partial charge in [0.25, 0.3) is 0 Å². The molecule has 1 aromatic heterocycles. The fourth-order valence-electron chi connectivity index (χ4n) is 12.3. The summed E-state index contributed by atoms with van der Waals surface area (Å²) in [6.07, 6.45) is 8.14. The number of ether oxygens (including phenoxy) is 3. The van der Waals surface area contributed by atoms with Crippen LogP contribution in [-0.2, 0) is 36.4 Å². The van der Waals surface area contributed by atoms with Crippen molar-refractivity contribution in [2.45, 2.75) is 88.1 Å². The van der Waals surface area contributed by atoms with Crippen molar-refractivity contribution >= 4 is 28.5 Å². The Morgan fingerprint density at radius 1 is 1.09 bits per heavy atom. The van der Waals surface area contributed by atoms with Crippen molar-refractivity contribution in [3.05, 3.63) is 82.6 Å². The van der Waals surface area contributed by atoms with E-state index in [1.165, 1.54) is 19.6 Å². The first-order valence-corrected chi connectivity index (χ1v) is 19.4. The van der Waals surface area contributed by atoms with Gasteiger partial charge in [0.2, 0.25) is 0 Å². The van der Waals surface area contributed by atoms with Crippen LogP contribution in [0.15, 0.2) is 60.2 Å². The highest BCUT2D eigenvalue weighted by atomic mass is 16.6. The van der Waals surface area contributed by atoms with Crippen LogP contribution in [0, 0.1) is 11.3 Å². The predicted octanol–water partition coefficient (Wildman–Crippen LogP) is 5.21. The van der Waals surface area contributed by atoms with E-state index in [2.05, 4.69) is 82.1 Å². The number of aliphatic hydroxyl groups is 1. The zero-order valence-electron chi connectivity index (χ0n) is 31.8. The van der Waals surface area contributed by atoms with Crippen LogP contribution in [0.4, 0.5) is 5.69 Å². The number of hydrogen-bond donors (Lipinski definition) is 2. The second-order valence-corrected chi connectivity index (χ2v) is 16.4. The molecule has 2 bridgehead atoms. The third-order valence-electron chi connectivity index (χ3n) is 14.2. The van der Waals surface area contributed by atoms with Crippen LogP contribution in [0.1, 0.15) is 68.8 Å². The molecule has 1 aliphatic carbocycles. The minimum Gasteiger partial charge on any atom is -0.496 e. The van der Waals surface area contributed by atoms with Gasteiger partial charge in [-0.15, -0.1) is 0 Å². The highest BCUT2D eigenvalue weighted by Crippen LogP contribution is 2.66. The molecule has 10 heteroatoms. The van der Waals surface area contributed by atoms with Crippen molar-refractivity contribution in [2.75, 3.05) is 52.3 Å². The van der Waals surface area contributed by atoms with Gasteiger partial charge in [-0.2, -0.15) is 0 Å². The number of aromatic amines is 1. The predicted molar refractivity (Wildman–Crippen MR) is 203 cm³/mol. The minimum absolute atomic E-state index is 0.0373. The molecule has 9 rings (SSSR count). The number of anilines is 1. The maximum absolute atomic E-state index is 15.1. The zero-order chi connectivity index (χ0) is 37.0. The highest BCUT2D eigenvalue weighted by molar-refractivity contribution is 5.94. The minimum atomic E-state index is -1.22. The number of methoxy groups -OCH3 is 2. The summed E-state index contributed by atoms with van der Waals surface area (Å²) in [5.41, 5.74) is 4.89. The molecular formula is C43H52N4O6. The van der Waals surface area contributed by atoms with Gasteiger partial charge < -0.3 is 29.2 Å². The Morgan fingerprint density at radius 2 is 1.91 bits per heavy atom. The summed E-state index contributed by atoms with van der Waals surface area (Å²) in [6.45, 7) is 9.90. The standard InChI is InChI=1S/C43H52N4O6/c1-7-26-18-27-21-43(40(50)52-6,36-29(24-46(22-26)23-27)28-12-9-10-13-32(28)44-36)31-19-30-33(20-34(31)51-5)45(4)37-35(49)38(53-25(3)48)41(8-2)14-11-16-47-17-15-42(30,37)39(41)47/h9-14,18-20,27,35,37-39,44,49H,7-8,15-17,21-24H2,1-6H3/t27?,35?,37?,38?,39?,41-,42?,43-/m0/s1. The largest absolute Gasteiger partial charge is 0.496 e. The molecule has 3 aromatic rings. The number of esters is 2. The molecule has 0 amide bonds. The first-order chi connectivity index (χ1) is 25.6. The summed E-state index contributed by atoms with van der Waals surface area (Å²) >= 11 is 0. The van der Waals surface area contributed by atoms with Crippen LogP contribution in [0.2, 0.25) is 0 Å². The van der Waals surface area contributed by atoms with Gasteiger partial charge in [0.1, 0.15) is 23.4 Å². The number of carbonyl (C=O) groups is 2. The molecule has 0 radical (unpaired) electrons. The molecule has 2 aromatic carbocycles. The van der Waals surface area contributed by atoms with Gasteiger partial charge in [-0.05, 0) is 61.4 Å². The molecule has 1 saturated heterocycles. The van der Waals surface area contributed by atoms with Gasteiger partial charge in [-0.3, -0.25) is 19.4 Å². The number of nitrogens with zero attached hydrogens (tertiary/aromatic N) is 3. The summed E-state index contributed by atoms with van der Waals surface area (Å²) in [6, 6.07) is 12.3. The zero-order valence-corrected chi connectivity index (χ0v) is 31.8. The summed E-state index contributed by atoms with van der Waals surface area (Å²) in [7, 11) is 5.22. The molecule has 10 nitrogen and oxygen atoms in total. The van der Waals surface area contributed by atoms with Crippen molar-refractivity contribution in [3.8, 4) is 5.75 Å². The Labute approximate surface area is 311 Å². The van der Waals surface area contributed by atoms with Gasteiger partial charge >= 0.3 is 11.9 Å². The first-order valence-electron chi connectivity index (χ1n) is 19.4. The average Bonchev–Trinajstić information content (AvgIpc) is 3.81. The maximum atomic E-state index is 15.1. The Hall–Kier alpha value is -4.12. The van der Waals surface area contributed by atoms with Crippen molar-refractivity contribution in [1.82, 2.24) is 14.8 Å². The summed E-state index contributed by atoms with van der Waals surface area (Å²) in [4.78, 5) is 38.8. The van der Waals surface area contributed by atoms with E-state index in [0.717, 1.165) is 78.0 Å². The van der Waals surface area contributed by atoms with E-state index in [1.807, 2.05) is 13.1 Å². The number of fused-ring (bicyclic) bond motifs is 6. The fourth-order valence-corrected chi connectivity index (χ4v) is 12.3. The SMILES string of the molecule is CCC1=CC2CN(C1)Cc1c([nH]c3ccccc13)[C@@](C(=O)OC)(c1cc3c(cc1OC)N(C)C1C(O)C(OC(C)=O)[C@]4(CC)C=CCN5CCC31C54)C2. The van der Waals surface area contributed by atoms with E-state index in [1.54, 1.807) is 7.11 Å². The smallest absolute Gasteiger partial charge is 0.322 e. The van der Waals surface area contributed by atoms with Gasteiger partial charge in [-0.1, -0.05) is 55.8 Å². The van der Waals surface area contributed by atoms with E-state index in [-0.39, 0.29) is 29.9 Å². The molecular weight excluding hydrogens is 668 g/mol. The number of para-hydroxylation sites is 1. The number of hydrogen-bond acceptors (Lipinski definition) is 9. The second-order valence-electron chi connectivity index (χ2n) is 16.4. The Bertz CT molecular complexity index is 2070. The quantitative estimate of drug-likeness (QED) is 0.262. The van der Waals surface area contributed by atoms with Crippen LogP contribution < -0.4 is 9.64 Å². The Balaban J connectivity index is 1.34.